The molecule has 0 saturated heterocycles. The number of benzene rings is 1. The molecule has 0 bridgehead atoms. The van der Waals surface area contributed by atoms with Crippen LogP contribution in [0.5, 0.6) is 0 Å². The van der Waals surface area contributed by atoms with Gasteiger partial charge in [0.15, 0.2) is 0 Å². The number of hydrogen-bond acceptors (Lipinski definition) is 2. The molecular weight excluding hydrogens is 203 g/mol. The number of likely N-dealkylation sites (N-methyl/N-ethyl adjacent to an activating group) is 1. The number of aryl methyl sites for hydroxylation is 1. The Morgan fingerprint density at radius 2 is 1.75 bits per heavy atom. The second-order valence-corrected chi connectivity index (χ2v) is 3.30. The normalized spacial score (nSPS) is 9.31. The van der Waals surface area contributed by atoms with Crippen LogP contribution in [0.25, 0.3) is 0 Å². The molecule has 0 aromatic heterocycles. The minimum absolute atomic E-state index is 0.363. The van der Waals surface area contributed by atoms with Crippen LogP contribution < -0.4 is 10.4 Å². The minimum atomic E-state index is 0.363. The Balaban J connectivity index is 0.00000106. The largest absolute Gasteiger partial charge is 0.370 e. The van der Waals surface area contributed by atoms with Gasteiger partial charge in [0.2, 0.25) is 0 Å². The van der Waals surface area contributed by atoms with E-state index in [0.717, 1.165) is 12.2 Å². The maximum atomic E-state index is 11.8. The van der Waals surface area contributed by atoms with Crippen LogP contribution in [-0.2, 0) is 0 Å². The Morgan fingerprint density at radius 1 is 1.19 bits per heavy atom. The van der Waals surface area contributed by atoms with Crippen molar-refractivity contribution in [3.05, 3.63) is 29.8 Å². The molecule has 0 heterocycles. The highest BCUT2D eigenvalue weighted by Crippen LogP contribution is 2.13. The van der Waals surface area contributed by atoms with Gasteiger partial charge < -0.3 is 4.90 Å². The van der Waals surface area contributed by atoms with Gasteiger partial charge in [-0.25, -0.2) is 0 Å². The van der Waals surface area contributed by atoms with Crippen LogP contribution in [0, 0.1) is 6.92 Å². The average molecular weight is 226 g/mol. The topological polar surface area (TPSA) is 15.3 Å². The molecule has 0 spiro atoms. The first-order valence-corrected chi connectivity index (χ1v) is 5.93. The quantitative estimate of drug-likeness (QED) is 0.775. The van der Waals surface area contributed by atoms with E-state index in [4.69, 9.17) is 0 Å². The highest BCUT2D eigenvalue weighted by molar-refractivity contribution is 5.47. The van der Waals surface area contributed by atoms with Gasteiger partial charge in [-0.15, -0.1) is 4.48 Å². The third-order valence-electron chi connectivity index (χ3n) is 2.26. The lowest BCUT2D eigenvalue weighted by Gasteiger charge is -2.22. The molecule has 3 heteroatoms. The molecule has 0 aliphatic heterocycles. The fourth-order valence-corrected chi connectivity index (χ4v) is 1.40. The van der Waals surface area contributed by atoms with Crippen LogP contribution in [0.15, 0.2) is 24.3 Å². The summed E-state index contributed by atoms with van der Waals surface area (Å²) in [7, 11) is 0. The SMILES string of the molecule is CC.CCN(CCNF)c1ccc(C)cc1. The van der Waals surface area contributed by atoms with Crippen LogP contribution in [0.1, 0.15) is 26.3 Å². The van der Waals surface area contributed by atoms with Gasteiger partial charge in [0.25, 0.3) is 0 Å². The zero-order valence-corrected chi connectivity index (χ0v) is 10.8. The van der Waals surface area contributed by atoms with Crippen molar-refractivity contribution < 1.29 is 4.48 Å². The van der Waals surface area contributed by atoms with Crippen molar-refractivity contribution in [2.24, 2.45) is 0 Å². The highest BCUT2D eigenvalue weighted by Gasteiger charge is 2.02. The summed E-state index contributed by atoms with van der Waals surface area (Å²) in [4.78, 5) is 2.13. The average Bonchev–Trinajstić information content (AvgIpc) is 2.35. The summed E-state index contributed by atoms with van der Waals surface area (Å²) in [6, 6.07) is 8.27. The second-order valence-electron chi connectivity index (χ2n) is 3.30. The lowest BCUT2D eigenvalue weighted by Crippen LogP contribution is -2.29. The zero-order valence-electron chi connectivity index (χ0n) is 10.8. The monoisotopic (exact) mass is 226 g/mol. The van der Waals surface area contributed by atoms with E-state index < -0.39 is 0 Å². The number of nitrogens with one attached hydrogen (secondary N) is 1. The summed E-state index contributed by atoms with van der Waals surface area (Å²) in [5, 5.41) is 0. The first-order chi connectivity index (χ1) is 7.77. The summed E-state index contributed by atoms with van der Waals surface area (Å²) in [6.07, 6.45) is 0. The van der Waals surface area contributed by atoms with Crippen molar-refractivity contribution in [3.63, 3.8) is 0 Å². The Kier molecular flexibility index (Phi) is 8.53. The van der Waals surface area contributed by atoms with Gasteiger partial charge in [0.1, 0.15) is 0 Å². The smallest absolute Gasteiger partial charge is 0.0435 e. The fraction of sp³-hybridized carbons (Fsp3) is 0.538. The third-order valence-corrected chi connectivity index (χ3v) is 2.26. The van der Waals surface area contributed by atoms with Crippen LogP contribution in [0.2, 0.25) is 0 Å². The van der Waals surface area contributed by atoms with E-state index in [9.17, 15) is 4.48 Å². The van der Waals surface area contributed by atoms with Gasteiger partial charge >= 0.3 is 0 Å². The number of hydrogen-bond donors (Lipinski definition) is 1. The van der Waals surface area contributed by atoms with Gasteiger partial charge in [0, 0.05) is 25.3 Å². The standard InChI is InChI=1S/C11H17FN2.C2H6/c1-3-14(9-8-13-12)11-6-4-10(2)5-7-11;1-2/h4-7,13H,3,8-9H2,1-2H3;1-2H3. The maximum Gasteiger partial charge on any atom is 0.0435 e. The van der Waals surface area contributed by atoms with Crippen molar-refractivity contribution in [1.29, 1.82) is 0 Å². The van der Waals surface area contributed by atoms with Gasteiger partial charge in [-0.05, 0) is 26.0 Å². The first kappa shape index (κ1) is 14.9. The molecule has 0 fully saturated rings. The van der Waals surface area contributed by atoms with Crippen molar-refractivity contribution in [3.8, 4) is 0 Å². The summed E-state index contributed by atoms with van der Waals surface area (Å²) < 4.78 is 11.8. The minimum Gasteiger partial charge on any atom is -0.370 e. The highest BCUT2D eigenvalue weighted by atomic mass is 19.2. The summed E-state index contributed by atoms with van der Waals surface area (Å²) in [6.45, 7) is 10.1. The van der Waals surface area contributed by atoms with Crippen molar-refractivity contribution >= 4 is 5.69 Å². The van der Waals surface area contributed by atoms with Crippen LogP contribution in [-0.4, -0.2) is 19.6 Å². The van der Waals surface area contributed by atoms with Crippen LogP contribution in [0.3, 0.4) is 0 Å². The molecule has 16 heavy (non-hydrogen) atoms. The number of halogens is 1. The molecule has 1 N–H and O–H groups in total. The van der Waals surface area contributed by atoms with E-state index in [1.54, 1.807) is 5.54 Å². The summed E-state index contributed by atoms with van der Waals surface area (Å²) in [5.74, 6) is 0. The molecule has 1 aromatic rings. The number of nitrogens with zero attached hydrogens (tertiary/aromatic N) is 1. The van der Waals surface area contributed by atoms with Crippen molar-refractivity contribution in [2.45, 2.75) is 27.7 Å². The summed E-state index contributed by atoms with van der Waals surface area (Å²) in [5.41, 5.74) is 4.06. The molecule has 0 unspecified atom stereocenters. The molecular formula is C13H23FN2. The molecule has 1 rings (SSSR count). The van der Waals surface area contributed by atoms with Gasteiger partial charge in [-0.3, -0.25) is 0 Å². The summed E-state index contributed by atoms with van der Waals surface area (Å²) >= 11 is 0. The Bertz CT molecular complexity index is 259. The zero-order chi connectivity index (χ0) is 12.4. The Hall–Kier alpha value is -1.09. The number of rotatable bonds is 5. The fourth-order valence-electron chi connectivity index (χ4n) is 1.40. The molecule has 0 aliphatic rings. The predicted molar refractivity (Wildman–Crippen MR) is 69.5 cm³/mol. The maximum absolute atomic E-state index is 11.8. The molecule has 0 amide bonds. The van der Waals surface area contributed by atoms with Crippen LogP contribution in [0.4, 0.5) is 10.2 Å². The molecule has 2 nitrogen and oxygen atoms in total. The molecule has 0 radical (unpaired) electrons. The lowest BCUT2D eigenvalue weighted by molar-refractivity contribution is 0.338. The Morgan fingerprint density at radius 3 is 2.19 bits per heavy atom. The first-order valence-electron chi connectivity index (χ1n) is 5.93. The van der Waals surface area contributed by atoms with Crippen molar-refractivity contribution in [2.75, 3.05) is 24.5 Å². The second kappa shape index (κ2) is 9.16. The third kappa shape index (κ3) is 5.12. The van der Waals surface area contributed by atoms with E-state index in [1.165, 1.54) is 5.56 Å². The van der Waals surface area contributed by atoms with Gasteiger partial charge in [-0.2, -0.15) is 5.54 Å². The lowest BCUT2D eigenvalue weighted by atomic mass is 10.2. The van der Waals surface area contributed by atoms with E-state index in [-0.39, 0.29) is 0 Å². The van der Waals surface area contributed by atoms with E-state index in [2.05, 4.69) is 43.0 Å². The predicted octanol–water partition coefficient (Wildman–Crippen LogP) is 3.32. The van der Waals surface area contributed by atoms with Gasteiger partial charge in [-0.1, -0.05) is 31.5 Å². The van der Waals surface area contributed by atoms with Crippen LogP contribution >= 0.6 is 0 Å². The molecule has 92 valence electrons. The van der Waals surface area contributed by atoms with Gasteiger partial charge in [0.05, 0.1) is 0 Å². The molecule has 0 atom stereocenters. The van der Waals surface area contributed by atoms with E-state index in [1.807, 2.05) is 13.8 Å². The molecule has 1 aromatic carbocycles. The number of anilines is 1. The molecule has 0 saturated carbocycles. The van der Waals surface area contributed by atoms with Crippen molar-refractivity contribution in [1.82, 2.24) is 5.54 Å². The van der Waals surface area contributed by atoms with E-state index in [0.29, 0.717) is 13.1 Å². The molecule has 0 aliphatic carbocycles. The Labute approximate surface area is 98.4 Å². The van der Waals surface area contributed by atoms with E-state index >= 15 is 0 Å².